The molecule has 0 saturated heterocycles. The van der Waals surface area contributed by atoms with Crippen LogP contribution in [0.2, 0.25) is 15.5 Å². The Morgan fingerprint density at radius 1 is 0.512 bits per heavy atom. The number of halogens is 16. The first kappa shape index (κ1) is 61.3. The fourth-order valence-electron chi connectivity index (χ4n) is 6.63. The largest absolute Gasteiger partial charge is 0.508 e. The molecule has 0 saturated carbocycles. The molecule has 0 radical (unpaired) electrons. The van der Waals surface area contributed by atoms with Gasteiger partial charge in [0.15, 0.2) is 21.7 Å². The van der Waals surface area contributed by atoms with Gasteiger partial charge in [-0.2, -0.15) is 36.3 Å². The zero-order chi connectivity index (χ0) is 58.5. The highest BCUT2D eigenvalue weighted by molar-refractivity contribution is 14.1. The van der Waals surface area contributed by atoms with Crippen LogP contribution in [0.15, 0.2) is 139 Å². The van der Waals surface area contributed by atoms with Crippen molar-refractivity contribution in [2.45, 2.75) is 31.9 Å². The molecule has 10 rings (SSSR count). The quantitative estimate of drug-likeness (QED) is 0.122. The monoisotopic (exact) mass is 1290 g/mol. The summed E-state index contributed by atoms with van der Waals surface area (Å²) < 4.78 is 160. The summed E-state index contributed by atoms with van der Waals surface area (Å²) in [6.07, 6.45) is 4.62. The van der Waals surface area contributed by atoms with Gasteiger partial charge < -0.3 is 14.2 Å². The van der Waals surface area contributed by atoms with E-state index in [1.807, 2.05) is 22.6 Å². The van der Waals surface area contributed by atoms with Crippen LogP contribution in [0.3, 0.4) is 0 Å². The number of nitrogens with zero attached hydrogens (tertiary/aromatic N) is 12. The lowest BCUT2D eigenvalue weighted by Gasteiger charge is -2.13. The van der Waals surface area contributed by atoms with Crippen molar-refractivity contribution >= 4 is 79.2 Å². The summed E-state index contributed by atoms with van der Waals surface area (Å²) >= 11 is 18.0. The minimum atomic E-state index is -4.70. The molecule has 15 nitrogen and oxygen atoms in total. The molecular formula is C49H28Cl3F12IN12O3. The maximum Gasteiger partial charge on any atom is 0.436 e. The molecule has 0 spiro atoms. The molecule has 414 valence electrons. The second kappa shape index (κ2) is 27.3. The van der Waals surface area contributed by atoms with Gasteiger partial charge in [0, 0.05) is 91.4 Å². The van der Waals surface area contributed by atoms with Gasteiger partial charge in [-0.1, -0.05) is 40.9 Å². The molecule has 0 aliphatic rings. The van der Waals surface area contributed by atoms with E-state index in [2.05, 4.69) is 49.8 Å². The third-order valence-electron chi connectivity index (χ3n) is 10.1. The van der Waals surface area contributed by atoms with Crippen LogP contribution in [-0.4, -0.2) is 64.1 Å². The van der Waals surface area contributed by atoms with Crippen LogP contribution in [-0.2, 0) is 31.9 Å². The van der Waals surface area contributed by atoms with Crippen molar-refractivity contribution in [1.29, 1.82) is 0 Å². The van der Waals surface area contributed by atoms with Gasteiger partial charge in [-0.15, -0.1) is 0 Å². The third kappa shape index (κ3) is 16.8. The maximum absolute atomic E-state index is 14.0. The van der Waals surface area contributed by atoms with Crippen molar-refractivity contribution in [2.75, 3.05) is 0 Å². The zero-order valence-electron chi connectivity index (χ0n) is 39.4. The lowest BCUT2D eigenvalue weighted by molar-refractivity contribution is -0.142. The SMILES string of the molecule is Clc1cnccn1.Clc1nccnc1I.FC(F)(F)c1nccnc1Cl.O=c1ncn(Cc2c(F)cc(F)cc2F)c2ccc(Cc3nccnc3C(F)(F)F)cc12.O=c1ncn(Cc2c(F)cc(F)cc2F)c2ccc(O)cc12. The smallest absolute Gasteiger partial charge is 0.436 e. The molecular weight excluding hydrogens is 1270 g/mol. The minimum Gasteiger partial charge on any atom is -0.508 e. The van der Waals surface area contributed by atoms with Crippen LogP contribution < -0.4 is 11.1 Å². The topological polar surface area (TPSA) is 193 Å². The molecule has 0 aliphatic carbocycles. The summed E-state index contributed by atoms with van der Waals surface area (Å²) in [6, 6.07) is 10.5. The molecule has 80 heavy (non-hydrogen) atoms. The Labute approximate surface area is 468 Å². The Morgan fingerprint density at radius 3 is 1.39 bits per heavy atom. The number of phenols is 1. The van der Waals surface area contributed by atoms with E-state index in [0.717, 1.165) is 41.1 Å². The number of alkyl halides is 6. The minimum absolute atomic E-state index is 0.0328. The Hall–Kier alpha value is -7.96. The fraction of sp³-hybridized carbons (Fsp3) is 0.102. The number of benzene rings is 4. The highest BCUT2D eigenvalue weighted by Crippen LogP contribution is 2.32. The molecule has 31 heteroatoms. The van der Waals surface area contributed by atoms with Crippen LogP contribution in [0.1, 0.15) is 33.8 Å². The van der Waals surface area contributed by atoms with Crippen molar-refractivity contribution in [3.05, 3.63) is 238 Å². The second-order valence-electron chi connectivity index (χ2n) is 15.5. The Morgan fingerprint density at radius 2 is 0.963 bits per heavy atom. The molecule has 0 atom stereocenters. The normalized spacial score (nSPS) is 11.1. The number of phenolic OH excluding ortho intramolecular Hbond substituents is 1. The molecule has 4 aromatic carbocycles. The van der Waals surface area contributed by atoms with Gasteiger partial charge in [0.2, 0.25) is 0 Å². The number of hydrogen-bond donors (Lipinski definition) is 1. The van der Waals surface area contributed by atoms with E-state index in [9.17, 15) is 67.4 Å². The van der Waals surface area contributed by atoms with Crippen LogP contribution in [0.5, 0.6) is 5.75 Å². The second-order valence-corrected chi connectivity index (χ2v) is 17.6. The highest BCUT2D eigenvalue weighted by Gasteiger charge is 2.36. The van der Waals surface area contributed by atoms with Crippen LogP contribution in [0.4, 0.5) is 52.7 Å². The first-order chi connectivity index (χ1) is 37.8. The Balaban J connectivity index is 0.000000183. The molecule has 0 fully saturated rings. The van der Waals surface area contributed by atoms with Gasteiger partial charge in [0.1, 0.15) is 49.5 Å². The van der Waals surface area contributed by atoms with Gasteiger partial charge in [-0.25, -0.2) is 56.2 Å². The van der Waals surface area contributed by atoms with Crippen molar-refractivity contribution in [3.8, 4) is 5.75 Å². The summed E-state index contributed by atoms with van der Waals surface area (Å²) in [7, 11) is 0. The predicted octanol–water partition coefficient (Wildman–Crippen LogP) is 11.8. The van der Waals surface area contributed by atoms with E-state index >= 15 is 0 Å². The van der Waals surface area contributed by atoms with Crippen molar-refractivity contribution < 1.29 is 57.8 Å². The molecule has 6 aromatic heterocycles. The lowest BCUT2D eigenvalue weighted by atomic mass is 10.1. The lowest BCUT2D eigenvalue weighted by Crippen LogP contribution is -2.15. The summed E-state index contributed by atoms with van der Waals surface area (Å²) in [5, 5.41) is 9.84. The van der Waals surface area contributed by atoms with E-state index in [-0.39, 0.29) is 52.8 Å². The standard InChI is InChI=1S/C21H12F6N4O.C15H9F3N2O2.C5H2ClF3N2.C4H2ClIN2.C4H3ClN2/c22-12-7-15(23)14(16(24)8-12)9-31-10-30-20(32)13-5-11(1-2-18(13)31)6-17-19(21(25,26)27)29-4-3-28-17;16-8-3-12(17)11(13(18)4-8)6-20-7-19-15(22)10-5-9(21)1-2-14(10)20;6-4-3(5(7,8)9)10-1-2-11-4;5-3-4(6)8-2-1-7-3;5-4-3-6-1-2-7-4/h1-5,7-8,10H,6,9H2;1-5,7,21H,6H2;1-2H;1-2H;1-3H. The summed E-state index contributed by atoms with van der Waals surface area (Å²) in [5.74, 6) is -6.46. The summed E-state index contributed by atoms with van der Waals surface area (Å²) in [5.41, 5.74) is -3.70. The van der Waals surface area contributed by atoms with Gasteiger partial charge >= 0.3 is 12.4 Å². The van der Waals surface area contributed by atoms with Crippen LogP contribution >= 0.6 is 57.4 Å². The molecule has 6 heterocycles. The average Bonchev–Trinajstić information content (AvgIpc) is 3.48. The van der Waals surface area contributed by atoms with Gasteiger partial charge in [0.25, 0.3) is 11.1 Å². The van der Waals surface area contributed by atoms with Crippen molar-refractivity contribution in [3.63, 3.8) is 0 Å². The van der Waals surface area contributed by atoms with Gasteiger partial charge in [-0.3, -0.25) is 19.6 Å². The Bertz CT molecular complexity index is 3860. The molecule has 0 amide bonds. The molecule has 1 N–H and O–H groups in total. The van der Waals surface area contributed by atoms with Gasteiger partial charge in [0.05, 0.1) is 59.4 Å². The number of hydrogen-bond acceptors (Lipinski definition) is 13. The average molecular weight is 1290 g/mol. The highest BCUT2D eigenvalue weighted by atomic mass is 127. The number of fused-ring (bicyclic) bond motifs is 2. The van der Waals surface area contributed by atoms with Crippen LogP contribution in [0, 0.1) is 38.6 Å². The third-order valence-corrected chi connectivity index (χ3v) is 12.0. The first-order valence-electron chi connectivity index (χ1n) is 21.7. The van der Waals surface area contributed by atoms with Crippen molar-refractivity contribution in [1.82, 2.24) is 59.0 Å². The molecule has 0 bridgehead atoms. The number of rotatable bonds is 6. The van der Waals surface area contributed by atoms with E-state index in [4.69, 9.17) is 34.8 Å². The van der Waals surface area contributed by atoms with E-state index < -0.39 is 80.5 Å². The zero-order valence-corrected chi connectivity index (χ0v) is 43.8. The number of aromatic nitrogens is 12. The molecule has 10 aromatic rings. The molecule has 0 unspecified atom stereocenters. The van der Waals surface area contributed by atoms with Crippen molar-refractivity contribution in [2.24, 2.45) is 0 Å². The molecule has 0 aliphatic heterocycles. The van der Waals surface area contributed by atoms with E-state index in [0.29, 0.717) is 45.7 Å². The Kier molecular flexibility index (Phi) is 20.9. The maximum atomic E-state index is 14.0. The first-order valence-corrected chi connectivity index (χ1v) is 23.9. The van der Waals surface area contributed by atoms with E-state index in [1.54, 1.807) is 24.8 Å². The van der Waals surface area contributed by atoms with Crippen LogP contribution in [0.25, 0.3) is 21.8 Å². The fourth-order valence-corrected chi connectivity index (χ4v) is 7.36. The predicted molar refractivity (Wildman–Crippen MR) is 273 cm³/mol. The van der Waals surface area contributed by atoms with E-state index in [1.165, 1.54) is 51.7 Å². The summed E-state index contributed by atoms with van der Waals surface area (Å²) in [4.78, 5) is 59.6. The number of aromatic hydroxyl groups is 1. The van der Waals surface area contributed by atoms with Gasteiger partial charge in [-0.05, 0) is 58.5 Å². The summed E-state index contributed by atoms with van der Waals surface area (Å²) in [6.45, 7) is -0.657.